The minimum atomic E-state index is -3.85. The van der Waals surface area contributed by atoms with Crippen LogP contribution in [0.15, 0.2) is 53.4 Å². The molecule has 0 saturated carbocycles. The van der Waals surface area contributed by atoms with E-state index in [9.17, 15) is 18.3 Å². The van der Waals surface area contributed by atoms with Crippen LogP contribution in [0.1, 0.15) is 30.1 Å². The maximum Gasteiger partial charge on any atom is 0.309 e. The van der Waals surface area contributed by atoms with E-state index in [2.05, 4.69) is 5.32 Å². The summed E-state index contributed by atoms with van der Waals surface area (Å²) in [6, 6.07) is 13.0. The number of hydrogen-bond acceptors (Lipinski definition) is 6. The van der Waals surface area contributed by atoms with Gasteiger partial charge < -0.3 is 19.9 Å². The highest BCUT2D eigenvalue weighted by Crippen LogP contribution is 2.44. The van der Waals surface area contributed by atoms with E-state index in [4.69, 9.17) is 9.47 Å². The number of carboxylic acid groups (broad SMARTS) is 1. The molecule has 3 rings (SSSR count). The fourth-order valence-corrected chi connectivity index (χ4v) is 5.82. The zero-order valence-electron chi connectivity index (χ0n) is 17.1. The fraction of sp³-hybridized carbons (Fsp3) is 0.409. The number of methoxy groups -OCH3 is 2. The molecule has 7 nitrogen and oxygen atoms in total. The molecule has 162 valence electrons. The minimum absolute atomic E-state index is 0.00467. The van der Waals surface area contributed by atoms with E-state index in [-0.39, 0.29) is 11.3 Å². The van der Waals surface area contributed by atoms with Crippen molar-refractivity contribution in [3.05, 3.63) is 54.1 Å². The maximum absolute atomic E-state index is 13.6. The van der Waals surface area contributed by atoms with Gasteiger partial charge in [-0.2, -0.15) is 0 Å². The minimum Gasteiger partial charge on any atom is -0.497 e. The Labute approximate surface area is 176 Å². The number of hydrogen-bond donors (Lipinski definition) is 2. The lowest BCUT2D eigenvalue weighted by Crippen LogP contribution is -2.43. The molecule has 1 atom stereocenters. The highest BCUT2D eigenvalue weighted by molar-refractivity contribution is 7.91. The first kappa shape index (κ1) is 22.1. The van der Waals surface area contributed by atoms with Crippen molar-refractivity contribution >= 4 is 15.8 Å². The van der Waals surface area contributed by atoms with Crippen molar-refractivity contribution in [2.75, 3.05) is 27.3 Å². The lowest BCUT2D eigenvalue weighted by Gasteiger charge is -2.36. The summed E-state index contributed by atoms with van der Waals surface area (Å²) in [5, 5.41) is 12.2. The van der Waals surface area contributed by atoms with Crippen LogP contribution in [0.2, 0.25) is 0 Å². The van der Waals surface area contributed by atoms with Crippen molar-refractivity contribution in [1.82, 2.24) is 5.32 Å². The van der Waals surface area contributed by atoms with Crippen molar-refractivity contribution in [2.24, 2.45) is 5.41 Å². The van der Waals surface area contributed by atoms with Crippen LogP contribution in [0.5, 0.6) is 11.5 Å². The Morgan fingerprint density at radius 2 is 1.50 bits per heavy atom. The molecule has 30 heavy (non-hydrogen) atoms. The van der Waals surface area contributed by atoms with Crippen LogP contribution < -0.4 is 14.8 Å². The number of benzene rings is 2. The van der Waals surface area contributed by atoms with E-state index in [1.54, 1.807) is 36.4 Å². The number of ether oxygens (including phenoxy) is 2. The first-order chi connectivity index (χ1) is 14.3. The highest BCUT2D eigenvalue weighted by atomic mass is 32.2. The SMILES string of the molecule is COc1ccc(C(CC2(C(=O)O)CCNCC2)S(=O)(=O)c2ccc(OC)cc2)cc1. The van der Waals surface area contributed by atoms with Gasteiger partial charge in [0.2, 0.25) is 0 Å². The van der Waals surface area contributed by atoms with Crippen LogP contribution in [0.4, 0.5) is 0 Å². The van der Waals surface area contributed by atoms with Gasteiger partial charge in [-0.15, -0.1) is 0 Å². The van der Waals surface area contributed by atoms with Crippen LogP contribution >= 0.6 is 0 Å². The largest absolute Gasteiger partial charge is 0.497 e. The smallest absolute Gasteiger partial charge is 0.309 e. The third-order valence-electron chi connectivity index (χ3n) is 5.84. The summed E-state index contributed by atoms with van der Waals surface area (Å²) in [6.07, 6.45) is 0.769. The van der Waals surface area contributed by atoms with Gasteiger partial charge in [0.1, 0.15) is 11.5 Å². The van der Waals surface area contributed by atoms with Crippen molar-refractivity contribution in [3.8, 4) is 11.5 Å². The molecule has 2 aromatic rings. The van der Waals surface area contributed by atoms with E-state index in [1.165, 1.54) is 26.4 Å². The van der Waals surface area contributed by atoms with Gasteiger partial charge in [0, 0.05) is 0 Å². The molecule has 1 heterocycles. The van der Waals surface area contributed by atoms with Gasteiger partial charge in [-0.25, -0.2) is 8.42 Å². The summed E-state index contributed by atoms with van der Waals surface area (Å²) in [5.41, 5.74) is -0.555. The number of aliphatic carboxylic acids is 1. The van der Waals surface area contributed by atoms with E-state index >= 15 is 0 Å². The van der Waals surface area contributed by atoms with Crippen molar-refractivity contribution in [3.63, 3.8) is 0 Å². The summed E-state index contributed by atoms with van der Waals surface area (Å²) < 4.78 is 37.6. The van der Waals surface area contributed by atoms with Gasteiger partial charge in [-0.3, -0.25) is 4.79 Å². The topological polar surface area (TPSA) is 102 Å². The average molecular weight is 434 g/mol. The zero-order chi connectivity index (χ0) is 21.8. The Balaban J connectivity index is 2.06. The van der Waals surface area contributed by atoms with Crippen molar-refractivity contribution in [2.45, 2.75) is 29.4 Å². The second-order valence-electron chi connectivity index (χ2n) is 7.52. The molecular weight excluding hydrogens is 406 g/mol. The number of piperidine rings is 1. The first-order valence-electron chi connectivity index (χ1n) is 9.78. The summed E-state index contributed by atoms with van der Waals surface area (Å²) in [5.74, 6) is 0.205. The first-order valence-corrected chi connectivity index (χ1v) is 11.3. The molecular formula is C22H27NO6S. The van der Waals surface area contributed by atoms with Crippen LogP contribution in [0, 0.1) is 5.41 Å². The van der Waals surface area contributed by atoms with E-state index < -0.39 is 26.5 Å². The molecule has 1 fully saturated rings. The quantitative estimate of drug-likeness (QED) is 0.660. The molecule has 1 saturated heterocycles. The maximum atomic E-state index is 13.6. The van der Waals surface area contributed by atoms with Crippen LogP contribution in [-0.4, -0.2) is 46.8 Å². The van der Waals surface area contributed by atoms with Gasteiger partial charge in [-0.1, -0.05) is 12.1 Å². The summed E-state index contributed by atoms with van der Waals surface area (Å²) in [4.78, 5) is 12.4. The lowest BCUT2D eigenvalue weighted by molar-refractivity contribution is -0.151. The van der Waals surface area contributed by atoms with Gasteiger partial charge in [0.15, 0.2) is 9.84 Å². The third kappa shape index (κ3) is 4.44. The van der Waals surface area contributed by atoms with Crippen molar-refractivity contribution < 1.29 is 27.8 Å². The Kier molecular flexibility index (Phi) is 6.67. The second kappa shape index (κ2) is 9.06. The number of rotatable bonds is 8. The summed E-state index contributed by atoms with van der Waals surface area (Å²) >= 11 is 0. The molecule has 0 bridgehead atoms. The molecule has 2 aromatic carbocycles. The molecule has 0 amide bonds. The molecule has 8 heteroatoms. The Morgan fingerprint density at radius 1 is 1.00 bits per heavy atom. The number of carbonyl (C=O) groups is 1. The Hall–Kier alpha value is -2.58. The standard InChI is InChI=1S/C22H27NO6S/c1-28-17-5-3-16(4-6-17)20(15-22(21(24)25)11-13-23-14-12-22)30(26,27)19-9-7-18(29-2)8-10-19/h3-10,20,23H,11-15H2,1-2H3,(H,24,25). The number of sulfone groups is 1. The molecule has 0 aliphatic carbocycles. The van der Waals surface area contributed by atoms with Gasteiger partial charge >= 0.3 is 5.97 Å². The average Bonchev–Trinajstić information content (AvgIpc) is 2.78. The van der Waals surface area contributed by atoms with Crippen molar-refractivity contribution in [1.29, 1.82) is 0 Å². The highest BCUT2D eigenvalue weighted by Gasteiger charge is 2.45. The summed E-state index contributed by atoms with van der Waals surface area (Å²) in [7, 11) is -0.802. The molecule has 1 unspecified atom stereocenters. The predicted molar refractivity (Wildman–Crippen MR) is 113 cm³/mol. The van der Waals surface area contributed by atoms with E-state index in [0.717, 1.165) is 0 Å². The number of carboxylic acids is 1. The molecule has 0 spiro atoms. The molecule has 1 aliphatic heterocycles. The second-order valence-corrected chi connectivity index (χ2v) is 9.65. The third-order valence-corrected chi connectivity index (χ3v) is 7.96. The van der Waals surface area contributed by atoms with E-state index in [0.29, 0.717) is 43.0 Å². The Morgan fingerprint density at radius 3 is 1.97 bits per heavy atom. The van der Waals surface area contributed by atoms with Gasteiger partial charge in [0.05, 0.1) is 29.8 Å². The normalized spacial score (nSPS) is 17.1. The number of nitrogens with one attached hydrogen (secondary N) is 1. The molecule has 0 aromatic heterocycles. The fourth-order valence-electron chi connectivity index (χ4n) is 3.92. The lowest BCUT2D eigenvalue weighted by atomic mass is 9.74. The van der Waals surface area contributed by atoms with Gasteiger partial charge in [-0.05, 0) is 74.3 Å². The monoisotopic (exact) mass is 433 g/mol. The van der Waals surface area contributed by atoms with Crippen LogP contribution in [0.25, 0.3) is 0 Å². The molecule has 0 radical (unpaired) electrons. The Bertz CT molecular complexity index is 964. The predicted octanol–water partition coefficient (Wildman–Crippen LogP) is 3.06. The molecule has 2 N–H and O–H groups in total. The van der Waals surface area contributed by atoms with Crippen LogP contribution in [-0.2, 0) is 14.6 Å². The molecule has 1 aliphatic rings. The summed E-state index contributed by atoms with van der Waals surface area (Å²) in [6.45, 7) is 1.09. The zero-order valence-corrected chi connectivity index (χ0v) is 17.9. The van der Waals surface area contributed by atoms with Crippen LogP contribution in [0.3, 0.4) is 0 Å². The van der Waals surface area contributed by atoms with E-state index in [1.807, 2.05) is 0 Å². The van der Waals surface area contributed by atoms with Gasteiger partial charge in [0.25, 0.3) is 0 Å².